The first-order chi connectivity index (χ1) is 11.6. The van der Waals surface area contributed by atoms with Gasteiger partial charge in [-0.15, -0.1) is 0 Å². The summed E-state index contributed by atoms with van der Waals surface area (Å²) in [6.45, 7) is 1.65. The fourth-order valence-electron chi connectivity index (χ4n) is 3.64. The van der Waals surface area contributed by atoms with Crippen molar-refractivity contribution in [1.82, 2.24) is 14.9 Å². The molecule has 2 aliphatic rings. The van der Waals surface area contributed by atoms with Gasteiger partial charge in [0.25, 0.3) is 0 Å². The van der Waals surface area contributed by atoms with Gasteiger partial charge in [0.2, 0.25) is 11.9 Å². The van der Waals surface area contributed by atoms with Gasteiger partial charge < -0.3 is 14.7 Å². The number of hydrogen-bond acceptors (Lipinski definition) is 5. The normalized spacial score (nSPS) is 24.3. The van der Waals surface area contributed by atoms with Gasteiger partial charge in [-0.25, -0.2) is 4.98 Å². The fourth-order valence-corrected chi connectivity index (χ4v) is 3.64. The van der Waals surface area contributed by atoms with Gasteiger partial charge in [-0.2, -0.15) is 18.2 Å². The van der Waals surface area contributed by atoms with Gasteiger partial charge in [-0.3, -0.25) is 4.79 Å². The van der Waals surface area contributed by atoms with Crippen LogP contribution in [0.1, 0.15) is 25.0 Å². The second-order valence-electron chi connectivity index (χ2n) is 7.09. The Hall–Kier alpha value is -2.06. The number of nitrogens with zero attached hydrogens (tertiary/aromatic N) is 5. The largest absolute Gasteiger partial charge is 0.433 e. The molecule has 1 aromatic rings. The summed E-state index contributed by atoms with van der Waals surface area (Å²) < 4.78 is 39.5. The Kier molecular flexibility index (Phi) is 4.28. The second kappa shape index (κ2) is 6.03. The van der Waals surface area contributed by atoms with Crippen LogP contribution < -0.4 is 9.80 Å². The average Bonchev–Trinajstić information content (AvgIpc) is 2.96. The SMILES string of the molecule is CN1CCC[C@]2(CCN(c3cc(C(F)(F)F)nc(N(C)C)n3)C2)C1=O. The molecule has 0 aromatic carbocycles. The quantitative estimate of drug-likeness (QED) is 0.811. The molecule has 1 amide bonds. The second-order valence-corrected chi connectivity index (χ2v) is 7.09. The minimum absolute atomic E-state index is 0.0119. The first kappa shape index (κ1) is 17.8. The molecule has 3 rings (SSSR count). The predicted octanol–water partition coefficient (Wildman–Crippen LogP) is 2.01. The molecule has 0 radical (unpaired) electrons. The highest BCUT2D eigenvalue weighted by molar-refractivity contribution is 5.84. The minimum atomic E-state index is -4.54. The number of carbonyl (C=O) groups is 1. The molecule has 138 valence electrons. The van der Waals surface area contributed by atoms with Crippen molar-refractivity contribution in [3.8, 4) is 0 Å². The molecule has 1 atom stereocenters. The topological polar surface area (TPSA) is 52.6 Å². The number of aromatic nitrogens is 2. The zero-order valence-corrected chi connectivity index (χ0v) is 14.6. The standard InChI is InChI=1S/C16H22F3N5O/c1-22(2)14-20-11(16(17,18)19)9-12(21-14)24-8-6-15(10-24)5-4-7-23(3)13(15)25/h9H,4-8,10H2,1-3H3/t15-/m1/s1. The van der Waals surface area contributed by atoms with Crippen molar-refractivity contribution in [2.24, 2.45) is 5.41 Å². The Balaban J connectivity index is 1.92. The number of halogens is 3. The lowest BCUT2D eigenvalue weighted by Crippen LogP contribution is -2.48. The highest BCUT2D eigenvalue weighted by atomic mass is 19.4. The minimum Gasteiger partial charge on any atom is -0.355 e. The number of rotatable bonds is 2. The number of likely N-dealkylation sites (tertiary alicyclic amines) is 1. The first-order valence-corrected chi connectivity index (χ1v) is 8.26. The van der Waals surface area contributed by atoms with E-state index >= 15 is 0 Å². The molecule has 0 unspecified atom stereocenters. The molecule has 1 spiro atoms. The molecule has 0 bridgehead atoms. The average molecular weight is 357 g/mol. The molecule has 1 aromatic heterocycles. The Morgan fingerprint density at radius 3 is 2.56 bits per heavy atom. The summed E-state index contributed by atoms with van der Waals surface area (Å²) in [5.41, 5.74) is -1.47. The van der Waals surface area contributed by atoms with Gasteiger partial charge in [0.05, 0.1) is 5.41 Å². The lowest BCUT2D eigenvalue weighted by molar-refractivity contribution is -0.143. The molecule has 9 heteroatoms. The lowest BCUT2D eigenvalue weighted by atomic mass is 9.78. The number of piperidine rings is 1. The van der Waals surface area contributed by atoms with Gasteiger partial charge in [0.15, 0.2) is 5.69 Å². The van der Waals surface area contributed by atoms with Crippen LogP contribution in [-0.2, 0) is 11.0 Å². The highest BCUT2D eigenvalue weighted by Gasteiger charge is 2.48. The summed E-state index contributed by atoms with van der Waals surface area (Å²) in [6.07, 6.45) is -2.22. The third kappa shape index (κ3) is 3.23. The lowest BCUT2D eigenvalue weighted by Gasteiger charge is -2.37. The van der Waals surface area contributed by atoms with E-state index < -0.39 is 17.3 Å². The van der Waals surface area contributed by atoms with Crippen LogP contribution in [0.15, 0.2) is 6.07 Å². The summed E-state index contributed by atoms with van der Waals surface area (Å²) in [4.78, 5) is 25.4. The van der Waals surface area contributed by atoms with Crippen molar-refractivity contribution in [3.63, 3.8) is 0 Å². The zero-order valence-electron chi connectivity index (χ0n) is 14.6. The third-order valence-electron chi connectivity index (χ3n) is 5.02. The van der Waals surface area contributed by atoms with Gasteiger partial charge in [-0.1, -0.05) is 0 Å². The van der Waals surface area contributed by atoms with E-state index in [4.69, 9.17) is 0 Å². The van der Waals surface area contributed by atoms with E-state index in [1.54, 1.807) is 30.9 Å². The van der Waals surface area contributed by atoms with Crippen LogP contribution in [0, 0.1) is 5.41 Å². The molecule has 6 nitrogen and oxygen atoms in total. The molecule has 0 N–H and O–H groups in total. The molecule has 0 aliphatic carbocycles. The molecular formula is C16H22F3N5O. The van der Waals surface area contributed by atoms with E-state index in [2.05, 4.69) is 9.97 Å². The van der Waals surface area contributed by atoms with Gasteiger partial charge in [0.1, 0.15) is 5.82 Å². The fraction of sp³-hybridized carbons (Fsp3) is 0.688. The van der Waals surface area contributed by atoms with E-state index in [0.29, 0.717) is 19.5 Å². The van der Waals surface area contributed by atoms with Crippen LogP contribution in [0.4, 0.5) is 24.9 Å². The smallest absolute Gasteiger partial charge is 0.355 e. The maximum absolute atomic E-state index is 13.2. The molecule has 2 fully saturated rings. The maximum atomic E-state index is 13.2. The maximum Gasteiger partial charge on any atom is 0.433 e. The Morgan fingerprint density at radius 1 is 1.20 bits per heavy atom. The van der Waals surface area contributed by atoms with E-state index in [9.17, 15) is 18.0 Å². The molecule has 25 heavy (non-hydrogen) atoms. The van der Waals surface area contributed by atoms with Crippen LogP contribution in [0.5, 0.6) is 0 Å². The highest BCUT2D eigenvalue weighted by Crippen LogP contribution is 2.41. The summed E-state index contributed by atoms with van der Waals surface area (Å²) in [5, 5.41) is 0. The van der Waals surface area contributed by atoms with Crippen molar-refractivity contribution in [2.75, 3.05) is 50.6 Å². The van der Waals surface area contributed by atoms with Crippen molar-refractivity contribution < 1.29 is 18.0 Å². The van der Waals surface area contributed by atoms with Crippen LogP contribution in [0.3, 0.4) is 0 Å². The monoisotopic (exact) mass is 357 g/mol. The number of anilines is 2. The zero-order chi connectivity index (χ0) is 18.4. The van der Waals surface area contributed by atoms with Crippen LogP contribution in [-0.4, -0.2) is 61.6 Å². The van der Waals surface area contributed by atoms with Crippen molar-refractivity contribution in [3.05, 3.63) is 11.8 Å². The van der Waals surface area contributed by atoms with Crippen LogP contribution in [0.25, 0.3) is 0 Å². The van der Waals surface area contributed by atoms with E-state index in [-0.39, 0.29) is 17.7 Å². The Bertz CT molecular complexity index is 678. The van der Waals surface area contributed by atoms with Crippen LogP contribution in [0.2, 0.25) is 0 Å². The first-order valence-electron chi connectivity index (χ1n) is 8.26. The van der Waals surface area contributed by atoms with Crippen LogP contribution >= 0.6 is 0 Å². The molecule has 0 saturated carbocycles. The van der Waals surface area contributed by atoms with Crippen molar-refractivity contribution in [1.29, 1.82) is 0 Å². The number of carbonyl (C=O) groups excluding carboxylic acids is 1. The van der Waals surface area contributed by atoms with Crippen molar-refractivity contribution in [2.45, 2.75) is 25.4 Å². The van der Waals surface area contributed by atoms with E-state index in [1.807, 2.05) is 0 Å². The molecule has 3 heterocycles. The number of amides is 1. The Morgan fingerprint density at radius 2 is 1.92 bits per heavy atom. The number of hydrogen-bond donors (Lipinski definition) is 0. The summed E-state index contributed by atoms with van der Waals surface area (Å²) in [6, 6.07) is 0.975. The molecule has 2 aliphatic heterocycles. The molecular weight excluding hydrogens is 335 g/mol. The van der Waals surface area contributed by atoms with Gasteiger partial charge in [-0.05, 0) is 19.3 Å². The predicted molar refractivity (Wildman–Crippen MR) is 87.5 cm³/mol. The summed E-state index contributed by atoms with van der Waals surface area (Å²) >= 11 is 0. The Labute approximate surface area is 144 Å². The van der Waals surface area contributed by atoms with E-state index in [0.717, 1.165) is 25.5 Å². The molecule has 2 saturated heterocycles. The number of alkyl halides is 3. The summed E-state index contributed by atoms with van der Waals surface area (Å²) in [7, 11) is 4.98. The summed E-state index contributed by atoms with van der Waals surface area (Å²) in [5.74, 6) is 0.320. The van der Waals surface area contributed by atoms with Gasteiger partial charge in [0, 0.05) is 46.8 Å². The van der Waals surface area contributed by atoms with E-state index in [1.165, 1.54) is 4.90 Å². The van der Waals surface area contributed by atoms with Gasteiger partial charge >= 0.3 is 6.18 Å². The third-order valence-corrected chi connectivity index (χ3v) is 5.02. The van der Waals surface area contributed by atoms with Crippen molar-refractivity contribution >= 4 is 17.7 Å².